The number of hydrogen-bond acceptors (Lipinski definition) is 6. The summed E-state index contributed by atoms with van der Waals surface area (Å²) in [6, 6.07) is 10.2. The number of thioether (sulfide) groups is 1. The Morgan fingerprint density at radius 2 is 2.08 bits per heavy atom. The first-order valence-corrected chi connectivity index (χ1v) is 9.42. The maximum Gasteiger partial charge on any atom is 0.161 e. The van der Waals surface area contributed by atoms with Crippen LogP contribution in [0.5, 0.6) is 0 Å². The number of benzene rings is 1. The molecule has 0 unspecified atom stereocenters. The summed E-state index contributed by atoms with van der Waals surface area (Å²) >= 11 is 1.27. The van der Waals surface area contributed by atoms with E-state index >= 15 is 0 Å². The number of hydrogen-bond donors (Lipinski definition) is 3. The first-order valence-electron chi connectivity index (χ1n) is 8.44. The van der Waals surface area contributed by atoms with Gasteiger partial charge >= 0.3 is 0 Å². The smallest absolute Gasteiger partial charge is 0.161 e. The highest BCUT2D eigenvalue weighted by atomic mass is 32.2. The van der Waals surface area contributed by atoms with Gasteiger partial charge in [0.05, 0.1) is 18.9 Å². The summed E-state index contributed by atoms with van der Waals surface area (Å²) in [6.45, 7) is 3.03. The molecule has 0 amide bonds. The van der Waals surface area contributed by atoms with Crippen LogP contribution < -0.4 is 10.6 Å². The first kappa shape index (κ1) is 16.9. The van der Waals surface area contributed by atoms with Crippen molar-refractivity contribution < 1.29 is 4.74 Å². The molecule has 1 saturated heterocycles. The Morgan fingerprint density at radius 3 is 2.88 bits per heavy atom. The second kappa shape index (κ2) is 7.35. The SMILES string of the molecule is N=C(N)SCc1cc(N2CCOCC2)nc(-c2ccc3[nH]ccc3c2)n1. The van der Waals surface area contributed by atoms with Crippen molar-refractivity contribution >= 4 is 33.7 Å². The van der Waals surface area contributed by atoms with Crippen molar-refractivity contribution in [3.8, 4) is 11.4 Å². The van der Waals surface area contributed by atoms with E-state index in [1.807, 2.05) is 30.5 Å². The van der Waals surface area contributed by atoms with Crippen LogP contribution in [-0.2, 0) is 10.5 Å². The van der Waals surface area contributed by atoms with E-state index in [2.05, 4.69) is 16.0 Å². The van der Waals surface area contributed by atoms with Crippen LogP contribution >= 0.6 is 11.8 Å². The number of ether oxygens (including phenoxy) is 1. The van der Waals surface area contributed by atoms with Gasteiger partial charge in [0.2, 0.25) is 0 Å². The van der Waals surface area contributed by atoms with E-state index in [0.717, 1.165) is 41.1 Å². The number of rotatable bonds is 4. The summed E-state index contributed by atoms with van der Waals surface area (Å²) < 4.78 is 5.45. The third kappa shape index (κ3) is 3.66. The van der Waals surface area contributed by atoms with Crippen LogP contribution in [0.2, 0.25) is 0 Å². The van der Waals surface area contributed by atoms with Gasteiger partial charge in [-0.05, 0) is 24.3 Å². The first-order chi connectivity index (χ1) is 12.7. The maximum absolute atomic E-state index is 7.45. The number of nitrogens with one attached hydrogen (secondary N) is 2. The molecule has 0 spiro atoms. The summed E-state index contributed by atoms with van der Waals surface area (Å²) in [5.74, 6) is 2.14. The van der Waals surface area contributed by atoms with Crippen LogP contribution in [0.1, 0.15) is 5.69 Å². The van der Waals surface area contributed by atoms with Gasteiger partial charge in [0.25, 0.3) is 0 Å². The largest absolute Gasteiger partial charge is 0.379 e. The number of nitrogens with zero attached hydrogens (tertiary/aromatic N) is 3. The molecule has 0 radical (unpaired) electrons. The summed E-state index contributed by atoms with van der Waals surface area (Å²) in [5, 5.41) is 8.67. The number of fused-ring (bicyclic) bond motifs is 1. The fraction of sp³-hybridized carbons (Fsp3) is 0.278. The predicted molar refractivity (Wildman–Crippen MR) is 106 cm³/mol. The van der Waals surface area contributed by atoms with Gasteiger partial charge in [-0.15, -0.1) is 0 Å². The van der Waals surface area contributed by atoms with Crippen LogP contribution in [0.3, 0.4) is 0 Å². The van der Waals surface area contributed by atoms with Crippen molar-refractivity contribution in [1.29, 1.82) is 5.41 Å². The molecule has 0 atom stereocenters. The molecule has 1 aliphatic rings. The molecular formula is C18H20N6OS. The number of H-pyrrole nitrogens is 1. The lowest BCUT2D eigenvalue weighted by atomic mass is 10.1. The third-order valence-corrected chi connectivity index (χ3v) is 5.04. The molecule has 3 aromatic rings. The van der Waals surface area contributed by atoms with E-state index in [1.54, 1.807) is 0 Å². The highest BCUT2D eigenvalue weighted by molar-refractivity contribution is 8.13. The fourth-order valence-electron chi connectivity index (χ4n) is 2.98. The Bertz CT molecular complexity index is 934. The van der Waals surface area contributed by atoms with Crippen molar-refractivity contribution in [2.24, 2.45) is 5.73 Å². The Balaban J connectivity index is 1.73. The Labute approximate surface area is 155 Å². The molecule has 1 aromatic carbocycles. The fourth-order valence-corrected chi connectivity index (χ4v) is 3.44. The number of aromatic nitrogens is 3. The minimum atomic E-state index is 0.0897. The average molecular weight is 368 g/mol. The van der Waals surface area contributed by atoms with Crippen LogP contribution in [0, 0.1) is 5.41 Å². The van der Waals surface area contributed by atoms with Gasteiger partial charge in [0, 0.05) is 47.6 Å². The van der Waals surface area contributed by atoms with E-state index in [1.165, 1.54) is 11.8 Å². The molecule has 26 heavy (non-hydrogen) atoms. The zero-order chi connectivity index (χ0) is 17.9. The van der Waals surface area contributed by atoms with Gasteiger partial charge in [-0.2, -0.15) is 0 Å². The van der Waals surface area contributed by atoms with Crippen LogP contribution in [0.4, 0.5) is 5.82 Å². The van der Waals surface area contributed by atoms with Crippen LogP contribution in [-0.4, -0.2) is 46.4 Å². The monoisotopic (exact) mass is 368 g/mol. The zero-order valence-corrected chi connectivity index (χ0v) is 15.1. The Hall–Kier alpha value is -2.58. The minimum absolute atomic E-state index is 0.0897. The predicted octanol–water partition coefficient (Wildman–Crippen LogP) is 2.59. The van der Waals surface area contributed by atoms with Gasteiger partial charge in [-0.3, -0.25) is 5.41 Å². The molecule has 134 valence electrons. The van der Waals surface area contributed by atoms with Gasteiger partial charge in [-0.25, -0.2) is 9.97 Å². The Morgan fingerprint density at radius 1 is 1.23 bits per heavy atom. The molecule has 4 N–H and O–H groups in total. The van der Waals surface area contributed by atoms with Crippen molar-refractivity contribution in [3.05, 3.63) is 42.2 Å². The lowest BCUT2D eigenvalue weighted by molar-refractivity contribution is 0.122. The molecule has 3 heterocycles. The Kier molecular flexibility index (Phi) is 4.77. The van der Waals surface area contributed by atoms with Crippen LogP contribution in [0.25, 0.3) is 22.3 Å². The third-order valence-electron chi connectivity index (χ3n) is 4.29. The number of nitrogens with two attached hydrogens (primary N) is 1. The van der Waals surface area contributed by atoms with Crippen molar-refractivity contribution in [2.75, 3.05) is 31.2 Å². The molecule has 8 heteroatoms. The molecule has 0 saturated carbocycles. The van der Waals surface area contributed by atoms with Gasteiger partial charge in [0.1, 0.15) is 5.82 Å². The lowest BCUT2D eigenvalue weighted by Crippen LogP contribution is -2.37. The molecule has 1 fully saturated rings. The second-order valence-electron chi connectivity index (χ2n) is 6.07. The lowest BCUT2D eigenvalue weighted by Gasteiger charge is -2.28. The molecule has 0 bridgehead atoms. The number of morpholine rings is 1. The summed E-state index contributed by atoms with van der Waals surface area (Å²) in [5.41, 5.74) is 8.42. The van der Waals surface area contributed by atoms with E-state index in [4.69, 9.17) is 25.8 Å². The topological polar surface area (TPSA) is 104 Å². The van der Waals surface area contributed by atoms with Crippen LogP contribution in [0.15, 0.2) is 36.5 Å². The normalized spacial score (nSPS) is 14.7. The summed E-state index contributed by atoms with van der Waals surface area (Å²) in [7, 11) is 0. The minimum Gasteiger partial charge on any atom is -0.379 e. The number of amidine groups is 1. The summed E-state index contributed by atoms with van der Waals surface area (Å²) in [4.78, 5) is 14.9. The van der Waals surface area contributed by atoms with Crippen molar-refractivity contribution in [1.82, 2.24) is 15.0 Å². The van der Waals surface area contributed by atoms with Crippen molar-refractivity contribution in [3.63, 3.8) is 0 Å². The number of aromatic amines is 1. The molecule has 7 nitrogen and oxygen atoms in total. The quantitative estimate of drug-likeness (QED) is 0.483. The van der Waals surface area contributed by atoms with E-state index in [9.17, 15) is 0 Å². The number of anilines is 1. The highest BCUT2D eigenvalue weighted by Gasteiger charge is 2.16. The van der Waals surface area contributed by atoms with E-state index in [0.29, 0.717) is 24.8 Å². The summed E-state index contributed by atoms with van der Waals surface area (Å²) in [6.07, 6.45) is 1.92. The molecule has 0 aliphatic carbocycles. The average Bonchev–Trinajstić information content (AvgIpc) is 3.14. The zero-order valence-electron chi connectivity index (χ0n) is 14.2. The highest BCUT2D eigenvalue weighted by Crippen LogP contribution is 2.25. The molecular weight excluding hydrogens is 348 g/mol. The van der Waals surface area contributed by atoms with E-state index < -0.39 is 0 Å². The maximum atomic E-state index is 7.45. The van der Waals surface area contributed by atoms with Gasteiger partial charge in [0.15, 0.2) is 11.0 Å². The van der Waals surface area contributed by atoms with Gasteiger partial charge in [-0.1, -0.05) is 11.8 Å². The van der Waals surface area contributed by atoms with Gasteiger partial charge < -0.3 is 20.4 Å². The second-order valence-corrected chi connectivity index (χ2v) is 7.09. The van der Waals surface area contributed by atoms with Crippen molar-refractivity contribution in [2.45, 2.75) is 5.75 Å². The standard InChI is InChI=1S/C18H20N6OS/c19-18(20)26-11-14-10-16(24-5-7-25-8-6-24)23-17(22-14)13-1-2-15-12(9-13)3-4-21-15/h1-4,9-10,21H,5-8,11H2,(H3,19,20). The molecule has 1 aliphatic heterocycles. The molecule has 2 aromatic heterocycles. The molecule has 4 rings (SSSR count). The van der Waals surface area contributed by atoms with E-state index in [-0.39, 0.29) is 5.17 Å².